The minimum absolute atomic E-state index is 0.207. The molecular weight excluding hydrogens is 236 g/mol. The second-order valence-electron chi connectivity index (χ2n) is 6.46. The summed E-state index contributed by atoms with van der Waals surface area (Å²) >= 11 is 0. The summed E-state index contributed by atoms with van der Waals surface area (Å²) in [5.74, 6) is 1.39. The Bertz CT molecular complexity index is 416. The van der Waals surface area contributed by atoms with Crippen LogP contribution in [0, 0.1) is 11.3 Å². The van der Waals surface area contributed by atoms with Crippen LogP contribution in [-0.2, 0) is 0 Å². The molecule has 1 rings (SSSR count). The maximum absolute atomic E-state index is 12.2. The van der Waals surface area contributed by atoms with Crippen molar-refractivity contribution in [3.63, 3.8) is 0 Å². The van der Waals surface area contributed by atoms with Crippen LogP contribution >= 0.6 is 0 Å². The van der Waals surface area contributed by atoms with Gasteiger partial charge in [-0.1, -0.05) is 39.8 Å². The summed E-state index contributed by atoms with van der Waals surface area (Å²) in [6.45, 7) is 11.4. The van der Waals surface area contributed by atoms with Crippen LogP contribution in [0.3, 0.4) is 0 Å². The van der Waals surface area contributed by atoms with Gasteiger partial charge in [-0.05, 0) is 36.8 Å². The lowest BCUT2D eigenvalue weighted by molar-refractivity contribution is 0.0954. The maximum Gasteiger partial charge on any atom is 0.163 e. The predicted octanol–water partition coefficient (Wildman–Crippen LogP) is 4.73. The Morgan fingerprint density at radius 3 is 2.58 bits per heavy atom. The molecular formula is C17H26O2. The summed E-state index contributed by atoms with van der Waals surface area (Å²) in [5, 5.41) is 0. The minimum atomic E-state index is 0.207. The molecule has 2 heteroatoms. The van der Waals surface area contributed by atoms with Gasteiger partial charge in [0.1, 0.15) is 5.75 Å². The van der Waals surface area contributed by atoms with Crippen LogP contribution in [0.2, 0.25) is 0 Å². The molecule has 19 heavy (non-hydrogen) atoms. The molecule has 1 aromatic rings. The molecule has 0 heterocycles. The number of hydrogen-bond acceptors (Lipinski definition) is 2. The second kappa shape index (κ2) is 6.74. The van der Waals surface area contributed by atoms with E-state index in [4.69, 9.17) is 4.74 Å². The lowest BCUT2D eigenvalue weighted by Crippen LogP contribution is -2.14. The summed E-state index contributed by atoms with van der Waals surface area (Å²) < 4.78 is 5.43. The van der Waals surface area contributed by atoms with E-state index >= 15 is 0 Å². The lowest BCUT2D eigenvalue weighted by atomic mass is 9.83. The van der Waals surface area contributed by atoms with E-state index in [9.17, 15) is 4.79 Å². The van der Waals surface area contributed by atoms with E-state index in [1.165, 1.54) is 0 Å². The van der Waals surface area contributed by atoms with E-state index in [2.05, 4.69) is 27.7 Å². The van der Waals surface area contributed by atoms with Gasteiger partial charge >= 0.3 is 0 Å². The average molecular weight is 262 g/mol. The van der Waals surface area contributed by atoms with Gasteiger partial charge < -0.3 is 4.74 Å². The quantitative estimate of drug-likeness (QED) is 0.693. The third-order valence-electron chi connectivity index (χ3n) is 2.96. The Labute approximate surface area is 117 Å². The van der Waals surface area contributed by atoms with Crippen molar-refractivity contribution in [3.05, 3.63) is 29.8 Å². The number of Topliss-reactive ketones (excluding diaryl/α,β-unsaturated/α-hetero) is 1. The van der Waals surface area contributed by atoms with Crippen LogP contribution in [0.5, 0.6) is 5.75 Å². The number of rotatable bonds is 6. The van der Waals surface area contributed by atoms with Gasteiger partial charge in [-0.2, -0.15) is 0 Å². The fourth-order valence-electron chi connectivity index (χ4n) is 2.48. The number of ketones is 1. The normalized spacial score (nSPS) is 13.1. The van der Waals surface area contributed by atoms with Crippen molar-refractivity contribution in [2.24, 2.45) is 11.3 Å². The van der Waals surface area contributed by atoms with Crippen molar-refractivity contribution in [2.75, 3.05) is 6.61 Å². The molecule has 0 saturated carbocycles. The van der Waals surface area contributed by atoms with Crippen LogP contribution in [0.25, 0.3) is 0 Å². The Balaban J connectivity index is 2.65. The standard InChI is InChI=1S/C17H26O2/c1-6-19-15-9-7-8-14(11-15)16(18)10-13(2)12-17(3,4)5/h7-9,11,13H,6,10,12H2,1-5H3. The molecule has 0 N–H and O–H groups in total. The van der Waals surface area contributed by atoms with E-state index in [1.807, 2.05) is 31.2 Å². The Morgan fingerprint density at radius 2 is 2.00 bits per heavy atom. The molecule has 106 valence electrons. The molecule has 0 aromatic heterocycles. The zero-order valence-corrected chi connectivity index (χ0v) is 12.8. The first-order valence-electron chi connectivity index (χ1n) is 7.08. The minimum Gasteiger partial charge on any atom is -0.494 e. The summed E-state index contributed by atoms with van der Waals surface area (Å²) in [7, 11) is 0. The smallest absolute Gasteiger partial charge is 0.163 e. The Kier molecular flexibility index (Phi) is 5.59. The highest BCUT2D eigenvalue weighted by Crippen LogP contribution is 2.27. The first-order chi connectivity index (χ1) is 8.81. The highest BCUT2D eigenvalue weighted by atomic mass is 16.5. The molecule has 1 aromatic carbocycles. The maximum atomic E-state index is 12.2. The second-order valence-corrected chi connectivity index (χ2v) is 6.46. The summed E-state index contributed by atoms with van der Waals surface area (Å²) in [5.41, 5.74) is 1.03. The van der Waals surface area contributed by atoms with Gasteiger partial charge in [0.25, 0.3) is 0 Å². The van der Waals surface area contributed by atoms with E-state index in [1.54, 1.807) is 0 Å². The van der Waals surface area contributed by atoms with Crippen LogP contribution in [0.1, 0.15) is 57.8 Å². The van der Waals surface area contributed by atoms with Crippen LogP contribution in [-0.4, -0.2) is 12.4 Å². The van der Waals surface area contributed by atoms with Gasteiger partial charge in [0.15, 0.2) is 5.78 Å². The number of hydrogen-bond donors (Lipinski definition) is 0. The summed E-state index contributed by atoms with van der Waals surface area (Å²) in [6, 6.07) is 7.48. The first-order valence-corrected chi connectivity index (χ1v) is 7.08. The largest absolute Gasteiger partial charge is 0.494 e. The molecule has 0 aliphatic carbocycles. The Morgan fingerprint density at radius 1 is 1.32 bits per heavy atom. The average Bonchev–Trinajstić information content (AvgIpc) is 2.27. The van der Waals surface area contributed by atoms with Crippen molar-refractivity contribution >= 4 is 5.78 Å². The highest BCUT2D eigenvalue weighted by Gasteiger charge is 2.18. The van der Waals surface area contributed by atoms with Gasteiger partial charge in [0, 0.05) is 12.0 Å². The molecule has 0 bridgehead atoms. The van der Waals surface area contributed by atoms with Crippen molar-refractivity contribution in [1.82, 2.24) is 0 Å². The van der Waals surface area contributed by atoms with Crippen molar-refractivity contribution in [2.45, 2.75) is 47.5 Å². The molecule has 0 aliphatic rings. The summed E-state index contributed by atoms with van der Waals surface area (Å²) in [4.78, 5) is 12.2. The Hall–Kier alpha value is -1.31. The molecule has 0 spiro atoms. The van der Waals surface area contributed by atoms with Gasteiger partial charge in [0.2, 0.25) is 0 Å². The van der Waals surface area contributed by atoms with Crippen molar-refractivity contribution in [3.8, 4) is 5.75 Å². The third kappa shape index (κ3) is 5.91. The SMILES string of the molecule is CCOc1cccc(C(=O)CC(C)CC(C)(C)C)c1. The molecule has 2 nitrogen and oxygen atoms in total. The molecule has 0 saturated heterocycles. The number of ether oxygens (including phenoxy) is 1. The van der Waals surface area contributed by atoms with Crippen LogP contribution in [0.4, 0.5) is 0 Å². The highest BCUT2D eigenvalue weighted by molar-refractivity contribution is 5.96. The molecule has 0 aliphatic heterocycles. The van der Waals surface area contributed by atoms with Gasteiger partial charge in [-0.15, -0.1) is 0 Å². The van der Waals surface area contributed by atoms with E-state index in [-0.39, 0.29) is 11.2 Å². The number of carbonyl (C=O) groups is 1. The third-order valence-corrected chi connectivity index (χ3v) is 2.96. The van der Waals surface area contributed by atoms with Crippen LogP contribution in [0.15, 0.2) is 24.3 Å². The number of carbonyl (C=O) groups excluding carboxylic acids is 1. The van der Waals surface area contributed by atoms with Crippen LogP contribution < -0.4 is 4.74 Å². The monoisotopic (exact) mass is 262 g/mol. The van der Waals surface area contributed by atoms with E-state index < -0.39 is 0 Å². The zero-order valence-electron chi connectivity index (χ0n) is 12.8. The lowest BCUT2D eigenvalue weighted by Gasteiger charge is -2.22. The molecule has 1 unspecified atom stereocenters. The van der Waals surface area contributed by atoms with Gasteiger partial charge in [-0.3, -0.25) is 4.79 Å². The fraction of sp³-hybridized carbons (Fsp3) is 0.588. The topological polar surface area (TPSA) is 26.3 Å². The molecule has 0 radical (unpaired) electrons. The molecule has 0 amide bonds. The number of benzene rings is 1. The van der Waals surface area contributed by atoms with E-state index in [0.29, 0.717) is 18.9 Å². The predicted molar refractivity (Wildman–Crippen MR) is 79.8 cm³/mol. The van der Waals surface area contributed by atoms with Crippen molar-refractivity contribution in [1.29, 1.82) is 0 Å². The zero-order chi connectivity index (χ0) is 14.5. The van der Waals surface area contributed by atoms with Gasteiger partial charge in [-0.25, -0.2) is 0 Å². The van der Waals surface area contributed by atoms with E-state index in [0.717, 1.165) is 17.7 Å². The molecule has 0 fully saturated rings. The summed E-state index contributed by atoms with van der Waals surface area (Å²) in [6.07, 6.45) is 1.66. The van der Waals surface area contributed by atoms with Crippen molar-refractivity contribution < 1.29 is 9.53 Å². The molecule has 1 atom stereocenters. The van der Waals surface area contributed by atoms with Gasteiger partial charge in [0.05, 0.1) is 6.61 Å². The first kappa shape index (κ1) is 15.7. The fourth-order valence-corrected chi connectivity index (χ4v) is 2.48.